The minimum atomic E-state index is -3.72. The fourth-order valence-electron chi connectivity index (χ4n) is 4.59. The van der Waals surface area contributed by atoms with Crippen molar-refractivity contribution in [1.82, 2.24) is 19.6 Å². The van der Waals surface area contributed by atoms with Crippen molar-refractivity contribution in [3.05, 3.63) is 53.7 Å². The van der Waals surface area contributed by atoms with Crippen LogP contribution in [0.5, 0.6) is 11.5 Å². The predicted molar refractivity (Wildman–Crippen MR) is 157 cm³/mol. The van der Waals surface area contributed by atoms with Gasteiger partial charge in [-0.2, -0.15) is 4.98 Å². The Balaban J connectivity index is 1.36. The van der Waals surface area contributed by atoms with E-state index in [-0.39, 0.29) is 39.9 Å². The zero-order chi connectivity index (χ0) is 28.3. The van der Waals surface area contributed by atoms with Crippen LogP contribution < -0.4 is 24.8 Å². The van der Waals surface area contributed by atoms with Crippen LogP contribution in [0.2, 0.25) is 5.02 Å². The molecule has 12 heteroatoms. The van der Waals surface area contributed by atoms with Crippen LogP contribution in [-0.4, -0.2) is 61.7 Å². The van der Waals surface area contributed by atoms with E-state index in [1.807, 2.05) is 32.0 Å². The molecule has 2 heterocycles. The first-order chi connectivity index (χ1) is 19.2. The highest BCUT2D eigenvalue weighted by Crippen LogP contribution is 2.34. The van der Waals surface area contributed by atoms with Gasteiger partial charge in [0.1, 0.15) is 27.5 Å². The van der Waals surface area contributed by atoms with Gasteiger partial charge in [0.15, 0.2) is 5.82 Å². The first kappa shape index (κ1) is 28.4. The van der Waals surface area contributed by atoms with Gasteiger partial charge in [-0.05, 0) is 64.4 Å². The van der Waals surface area contributed by atoms with Crippen molar-refractivity contribution in [3.63, 3.8) is 0 Å². The van der Waals surface area contributed by atoms with Crippen molar-refractivity contribution in [1.29, 1.82) is 0 Å². The van der Waals surface area contributed by atoms with Gasteiger partial charge in [0.2, 0.25) is 16.0 Å². The molecule has 10 nitrogen and oxygen atoms in total. The van der Waals surface area contributed by atoms with E-state index in [0.717, 1.165) is 44.5 Å². The molecule has 0 amide bonds. The fraction of sp³-hybridized carbons (Fsp3) is 0.429. The van der Waals surface area contributed by atoms with E-state index >= 15 is 0 Å². The van der Waals surface area contributed by atoms with Crippen LogP contribution in [0.4, 0.5) is 23.1 Å². The lowest BCUT2D eigenvalue weighted by Crippen LogP contribution is -2.39. The molecule has 40 heavy (non-hydrogen) atoms. The molecule has 1 saturated heterocycles. The molecular formula is C28H35ClN6O4S. The Morgan fingerprint density at radius 2 is 1.88 bits per heavy atom. The monoisotopic (exact) mass is 586 g/mol. The molecule has 1 atom stereocenters. The molecule has 214 valence electrons. The molecule has 2 aliphatic rings. The van der Waals surface area contributed by atoms with Gasteiger partial charge in [0.05, 0.1) is 23.7 Å². The van der Waals surface area contributed by atoms with Gasteiger partial charge in [-0.15, -0.1) is 0 Å². The maximum absolute atomic E-state index is 13.1. The van der Waals surface area contributed by atoms with E-state index in [4.69, 9.17) is 21.1 Å². The van der Waals surface area contributed by atoms with Gasteiger partial charge >= 0.3 is 0 Å². The van der Waals surface area contributed by atoms with Crippen molar-refractivity contribution in [2.75, 3.05) is 30.8 Å². The van der Waals surface area contributed by atoms with Crippen LogP contribution in [0.1, 0.15) is 39.5 Å². The molecule has 2 fully saturated rings. The van der Waals surface area contributed by atoms with Crippen molar-refractivity contribution in [2.24, 2.45) is 0 Å². The number of nitrogens with one attached hydrogen (secondary N) is 3. The first-order valence-electron chi connectivity index (χ1n) is 13.5. The van der Waals surface area contributed by atoms with Crippen LogP contribution in [-0.2, 0) is 10.0 Å². The van der Waals surface area contributed by atoms with Crippen LogP contribution in [0, 0.1) is 0 Å². The average Bonchev–Trinajstić information content (AvgIpc) is 3.29. The number of aromatic nitrogens is 2. The second kappa shape index (κ2) is 12.2. The minimum Gasteiger partial charge on any atom is -0.489 e. The molecule has 0 radical (unpaired) electrons. The lowest BCUT2D eigenvalue weighted by molar-refractivity contribution is 0.204. The predicted octanol–water partition coefficient (Wildman–Crippen LogP) is 5.32. The van der Waals surface area contributed by atoms with Crippen LogP contribution in [0.3, 0.4) is 0 Å². The molecule has 5 rings (SSSR count). The number of anilines is 4. The number of nitrogens with zero attached hydrogens (tertiary/aromatic N) is 3. The van der Waals surface area contributed by atoms with Crippen molar-refractivity contribution in [2.45, 2.75) is 62.7 Å². The summed E-state index contributed by atoms with van der Waals surface area (Å²) >= 11 is 6.42. The molecule has 1 aliphatic carbocycles. The largest absolute Gasteiger partial charge is 0.489 e. The summed E-state index contributed by atoms with van der Waals surface area (Å²) in [6.45, 7) is 5.80. The fourth-order valence-corrected chi connectivity index (χ4v) is 6.20. The Morgan fingerprint density at radius 1 is 1.07 bits per heavy atom. The molecule has 1 aromatic heterocycles. The van der Waals surface area contributed by atoms with E-state index < -0.39 is 10.0 Å². The maximum atomic E-state index is 13.1. The molecule has 3 aromatic rings. The zero-order valence-electron chi connectivity index (χ0n) is 22.9. The lowest BCUT2D eigenvalue weighted by Gasteiger charge is -2.26. The van der Waals surface area contributed by atoms with Crippen LogP contribution >= 0.6 is 11.6 Å². The Morgan fingerprint density at radius 3 is 2.58 bits per heavy atom. The van der Waals surface area contributed by atoms with Gasteiger partial charge in [-0.25, -0.2) is 18.1 Å². The SMILES string of the molecule is CC(C)Oc1cc(OC2CCN(C)C2)ccc1Nc1ncc(Cl)c(Nc2ccccc2S(=O)(=O)NC2CCC2)n1. The lowest BCUT2D eigenvalue weighted by atomic mass is 9.94. The van der Waals surface area contributed by atoms with Gasteiger partial charge in [0, 0.05) is 25.2 Å². The summed E-state index contributed by atoms with van der Waals surface area (Å²) in [6.07, 6.45) is 5.22. The number of para-hydroxylation sites is 1. The third-order valence-corrected chi connectivity index (χ3v) is 8.67. The molecule has 3 N–H and O–H groups in total. The first-order valence-corrected chi connectivity index (χ1v) is 15.4. The van der Waals surface area contributed by atoms with E-state index in [9.17, 15) is 8.42 Å². The molecule has 1 aliphatic heterocycles. The summed E-state index contributed by atoms with van der Waals surface area (Å²) in [5, 5.41) is 6.53. The minimum absolute atomic E-state index is 0.0324. The molecule has 1 unspecified atom stereocenters. The second-order valence-corrected chi connectivity index (χ2v) is 12.6. The zero-order valence-corrected chi connectivity index (χ0v) is 24.4. The summed E-state index contributed by atoms with van der Waals surface area (Å²) < 4.78 is 41.1. The summed E-state index contributed by atoms with van der Waals surface area (Å²) in [7, 11) is -1.64. The summed E-state index contributed by atoms with van der Waals surface area (Å²) in [5.41, 5.74) is 1.02. The number of likely N-dealkylation sites (tertiary alicyclic amines) is 1. The van der Waals surface area contributed by atoms with Gasteiger partial charge in [-0.1, -0.05) is 30.2 Å². The van der Waals surface area contributed by atoms with E-state index in [1.165, 1.54) is 6.20 Å². The number of hydrogen-bond donors (Lipinski definition) is 3. The number of ether oxygens (including phenoxy) is 2. The normalized spacial score (nSPS) is 18.0. The third kappa shape index (κ3) is 6.95. The average molecular weight is 587 g/mol. The smallest absolute Gasteiger partial charge is 0.242 e. The number of sulfonamides is 1. The topological polar surface area (TPSA) is 118 Å². The Hall–Kier alpha value is -3.12. The van der Waals surface area contributed by atoms with Crippen molar-refractivity contribution >= 4 is 44.8 Å². The summed E-state index contributed by atoms with van der Waals surface area (Å²) in [4.78, 5) is 11.2. The summed E-state index contributed by atoms with van der Waals surface area (Å²) in [5.74, 6) is 1.86. The van der Waals surface area contributed by atoms with Gasteiger partial charge < -0.3 is 25.0 Å². The Bertz CT molecular complexity index is 1450. The highest BCUT2D eigenvalue weighted by Gasteiger charge is 2.27. The van der Waals surface area contributed by atoms with Crippen LogP contribution in [0.15, 0.2) is 53.6 Å². The molecule has 2 aromatic carbocycles. The van der Waals surface area contributed by atoms with E-state index in [1.54, 1.807) is 24.3 Å². The summed E-state index contributed by atoms with van der Waals surface area (Å²) in [6, 6.07) is 12.3. The molecular weight excluding hydrogens is 552 g/mol. The van der Waals surface area contributed by atoms with Gasteiger partial charge in [0.25, 0.3) is 0 Å². The van der Waals surface area contributed by atoms with Gasteiger partial charge in [-0.3, -0.25) is 0 Å². The third-order valence-electron chi connectivity index (χ3n) is 6.81. The van der Waals surface area contributed by atoms with E-state index in [2.05, 4.69) is 37.3 Å². The maximum Gasteiger partial charge on any atom is 0.242 e. The van der Waals surface area contributed by atoms with Crippen LogP contribution in [0.25, 0.3) is 0 Å². The quantitative estimate of drug-likeness (QED) is 0.274. The number of benzene rings is 2. The number of rotatable bonds is 11. The standard InChI is InChI=1S/C28H35ClN6O4S/c1-18(2)38-25-15-20(39-21-13-14-35(3)17-21)11-12-23(25)32-28-30-16-22(29)27(33-28)31-24-9-4-5-10-26(24)40(36,37)34-19-7-6-8-19/h4-5,9-12,15-16,18-19,21,34H,6-8,13-14,17H2,1-3H3,(H2,30,31,32,33). The number of halogens is 1. The van der Waals surface area contributed by atoms with Crippen molar-refractivity contribution in [3.8, 4) is 11.5 Å². The number of likely N-dealkylation sites (N-methyl/N-ethyl adjacent to an activating group) is 1. The number of hydrogen-bond acceptors (Lipinski definition) is 9. The molecule has 0 bridgehead atoms. The second-order valence-electron chi connectivity index (χ2n) is 10.5. The van der Waals surface area contributed by atoms with Crippen molar-refractivity contribution < 1.29 is 17.9 Å². The Labute approximate surface area is 240 Å². The highest BCUT2D eigenvalue weighted by molar-refractivity contribution is 7.89. The Kier molecular flexibility index (Phi) is 8.65. The van der Waals surface area contributed by atoms with E-state index in [0.29, 0.717) is 17.1 Å². The highest BCUT2D eigenvalue weighted by atomic mass is 35.5. The molecule has 0 spiro atoms. The molecule has 1 saturated carbocycles.